The molecule has 0 aliphatic heterocycles. The summed E-state index contributed by atoms with van der Waals surface area (Å²) < 4.78 is 12.8. The second-order valence-electron chi connectivity index (χ2n) is 16.8. The van der Waals surface area contributed by atoms with E-state index in [4.69, 9.17) is 22.1 Å². The van der Waals surface area contributed by atoms with Crippen LogP contribution < -0.4 is 0 Å². The first-order valence-electron chi connectivity index (χ1n) is 24.4. The minimum absolute atomic E-state index is 0.118. The smallest absolute Gasteiger partial charge is 0.100 e. The van der Waals surface area contributed by atoms with Gasteiger partial charge in [0.15, 0.2) is 0 Å². The molecule has 318 valence electrons. The number of allylic oxidation sites excluding steroid dienone is 2. The molecule has 0 bridgehead atoms. The summed E-state index contributed by atoms with van der Waals surface area (Å²) in [4.78, 5) is 2.74. The Labute approximate surface area is 341 Å². The van der Waals surface area contributed by atoms with Crippen molar-refractivity contribution in [1.82, 2.24) is 4.90 Å². The summed E-state index contributed by atoms with van der Waals surface area (Å²) in [5.41, 5.74) is 0.118. The number of hydrogen-bond acceptors (Lipinski definition) is 4. The first-order chi connectivity index (χ1) is 26.0. The van der Waals surface area contributed by atoms with Gasteiger partial charge in [-0.05, 0) is 89.9 Å². The maximum Gasteiger partial charge on any atom is 0.100 e. The summed E-state index contributed by atoms with van der Waals surface area (Å²) in [6, 6.07) is 0. The standard InChI is InChI=1S/C49H99NO2S/c1-7-13-17-19-23-30-38-48(39-31-24-20-18-14-8-2)52-49(53)40-32-26-22-28-34-44-50(42-11-5)43-33-27-21-25-29-37-47(12-6)51-45-41-46(35-15-9-3)36-16-10-4/h12,46,48-49,53H,7-11,13-45H2,1-6H3/b47-12-. The van der Waals surface area contributed by atoms with Crippen molar-refractivity contribution in [3.63, 3.8) is 0 Å². The molecule has 53 heavy (non-hydrogen) atoms. The van der Waals surface area contributed by atoms with Gasteiger partial charge in [-0.15, -0.1) is 12.6 Å². The monoisotopic (exact) mass is 766 g/mol. The van der Waals surface area contributed by atoms with Crippen LogP contribution in [-0.2, 0) is 9.47 Å². The predicted octanol–water partition coefficient (Wildman–Crippen LogP) is 16.8. The molecule has 1 atom stereocenters. The molecule has 1 unspecified atom stereocenters. The third-order valence-corrected chi connectivity index (χ3v) is 11.9. The highest BCUT2D eigenvalue weighted by atomic mass is 32.1. The number of thiol groups is 1. The van der Waals surface area contributed by atoms with E-state index < -0.39 is 0 Å². The van der Waals surface area contributed by atoms with Crippen molar-refractivity contribution in [1.29, 1.82) is 0 Å². The van der Waals surface area contributed by atoms with Gasteiger partial charge >= 0.3 is 0 Å². The lowest BCUT2D eigenvalue weighted by Gasteiger charge is -2.22. The Balaban J connectivity index is 4.11. The van der Waals surface area contributed by atoms with Crippen LogP contribution in [-0.4, -0.2) is 42.7 Å². The molecule has 0 aliphatic rings. The van der Waals surface area contributed by atoms with Crippen LogP contribution >= 0.6 is 12.6 Å². The molecule has 0 aromatic rings. The molecule has 0 radical (unpaired) electrons. The zero-order valence-electron chi connectivity index (χ0n) is 37.4. The highest BCUT2D eigenvalue weighted by Crippen LogP contribution is 2.23. The van der Waals surface area contributed by atoms with Crippen LogP contribution in [0.3, 0.4) is 0 Å². The summed E-state index contributed by atoms with van der Waals surface area (Å²) in [7, 11) is 0. The van der Waals surface area contributed by atoms with E-state index in [9.17, 15) is 0 Å². The maximum absolute atomic E-state index is 6.57. The van der Waals surface area contributed by atoms with Gasteiger partial charge in [0.05, 0.1) is 18.5 Å². The van der Waals surface area contributed by atoms with Crippen molar-refractivity contribution in [2.75, 3.05) is 26.2 Å². The summed E-state index contributed by atoms with van der Waals surface area (Å²) in [6.07, 6.45) is 47.7. The van der Waals surface area contributed by atoms with E-state index in [0.29, 0.717) is 6.10 Å². The minimum atomic E-state index is 0.118. The molecule has 0 aromatic carbocycles. The van der Waals surface area contributed by atoms with Gasteiger partial charge in [0.1, 0.15) is 5.44 Å². The van der Waals surface area contributed by atoms with Gasteiger partial charge in [0.25, 0.3) is 0 Å². The fourth-order valence-electron chi connectivity index (χ4n) is 7.95. The average Bonchev–Trinajstić information content (AvgIpc) is 3.16. The Morgan fingerprint density at radius 3 is 1.42 bits per heavy atom. The average molecular weight is 766 g/mol. The molecule has 3 nitrogen and oxygen atoms in total. The van der Waals surface area contributed by atoms with E-state index in [1.54, 1.807) is 0 Å². The van der Waals surface area contributed by atoms with E-state index in [1.165, 1.54) is 231 Å². The lowest BCUT2D eigenvalue weighted by atomic mass is 9.93. The fourth-order valence-corrected chi connectivity index (χ4v) is 8.31. The first-order valence-corrected chi connectivity index (χ1v) is 24.9. The van der Waals surface area contributed by atoms with Gasteiger partial charge in [0.2, 0.25) is 0 Å². The molecule has 0 fully saturated rings. The van der Waals surface area contributed by atoms with Crippen LogP contribution in [0.5, 0.6) is 0 Å². The van der Waals surface area contributed by atoms with E-state index >= 15 is 0 Å². The topological polar surface area (TPSA) is 21.7 Å². The van der Waals surface area contributed by atoms with Crippen LogP contribution in [0.1, 0.15) is 260 Å². The van der Waals surface area contributed by atoms with Gasteiger partial charge in [-0.1, -0.05) is 195 Å². The van der Waals surface area contributed by atoms with Crippen LogP contribution in [0.4, 0.5) is 0 Å². The molecule has 0 N–H and O–H groups in total. The molecule has 0 aromatic heterocycles. The van der Waals surface area contributed by atoms with Crippen LogP contribution in [0.25, 0.3) is 0 Å². The molecular weight excluding hydrogens is 667 g/mol. The molecule has 0 heterocycles. The number of hydrogen-bond donors (Lipinski definition) is 1. The zero-order chi connectivity index (χ0) is 38.9. The van der Waals surface area contributed by atoms with Crippen molar-refractivity contribution in [3.8, 4) is 0 Å². The van der Waals surface area contributed by atoms with Crippen molar-refractivity contribution in [2.24, 2.45) is 5.92 Å². The molecule has 4 heteroatoms. The van der Waals surface area contributed by atoms with Gasteiger partial charge in [-0.3, -0.25) is 0 Å². The summed E-state index contributed by atoms with van der Waals surface area (Å²) in [5.74, 6) is 2.09. The minimum Gasteiger partial charge on any atom is -0.498 e. The first kappa shape index (κ1) is 52.8. The van der Waals surface area contributed by atoms with Crippen molar-refractivity contribution >= 4 is 12.6 Å². The van der Waals surface area contributed by atoms with Gasteiger partial charge in [-0.25, -0.2) is 0 Å². The molecular formula is C49H99NO2S. The second-order valence-corrected chi connectivity index (χ2v) is 17.4. The Morgan fingerprint density at radius 1 is 0.472 bits per heavy atom. The van der Waals surface area contributed by atoms with E-state index in [0.717, 1.165) is 25.4 Å². The second kappa shape index (κ2) is 42.9. The number of unbranched alkanes of at least 4 members (excludes halogenated alkanes) is 20. The summed E-state index contributed by atoms with van der Waals surface area (Å²) in [5, 5.41) is 0. The normalized spacial score (nSPS) is 12.9. The van der Waals surface area contributed by atoms with E-state index in [2.05, 4.69) is 52.5 Å². The molecule has 0 rings (SSSR count). The Hall–Kier alpha value is -0.190. The van der Waals surface area contributed by atoms with Gasteiger partial charge in [-0.2, -0.15) is 0 Å². The quantitative estimate of drug-likeness (QED) is 0.0289. The number of ether oxygens (including phenoxy) is 2. The number of rotatable bonds is 44. The largest absolute Gasteiger partial charge is 0.498 e. The third-order valence-electron chi connectivity index (χ3n) is 11.5. The molecule has 0 amide bonds. The van der Waals surface area contributed by atoms with Crippen molar-refractivity contribution in [2.45, 2.75) is 271 Å². The lowest BCUT2D eigenvalue weighted by molar-refractivity contribution is 0.0179. The lowest BCUT2D eigenvalue weighted by Crippen LogP contribution is -2.27. The van der Waals surface area contributed by atoms with Crippen LogP contribution in [0.2, 0.25) is 0 Å². The SMILES string of the molecule is C/C=C(/CCCCCCCN(CCC)CCCCCCCC(S)OC(CCCCCCCC)CCCCCCCC)OCCC(CCCC)CCCC. The molecule has 0 aliphatic carbocycles. The molecule has 0 saturated heterocycles. The van der Waals surface area contributed by atoms with Crippen molar-refractivity contribution in [3.05, 3.63) is 11.8 Å². The fraction of sp³-hybridized carbons (Fsp3) is 0.959. The highest BCUT2D eigenvalue weighted by molar-refractivity contribution is 7.80. The summed E-state index contributed by atoms with van der Waals surface area (Å²) in [6.45, 7) is 18.5. The van der Waals surface area contributed by atoms with Crippen molar-refractivity contribution < 1.29 is 9.47 Å². The summed E-state index contributed by atoms with van der Waals surface area (Å²) >= 11 is 4.92. The van der Waals surface area contributed by atoms with Crippen LogP contribution in [0.15, 0.2) is 11.8 Å². The van der Waals surface area contributed by atoms with E-state index in [1.807, 2.05) is 0 Å². The Morgan fingerprint density at radius 2 is 0.925 bits per heavy atom. The molecule has 0 saturated carbocycles. The predicted molar refractivity (Wildman–Crippen MR) is 243 cm³/mol. The molecule has 0 spiro atoms. The van der Waals surface area contributed by atoms with Gasteiger partial charge < -0.3 is 14.4 Å². The Kier molecular flexibility index (Phi) is 42.8. The zero-order valence-corrected chi connectivity index (χ0v) is 38.3. The van der Waals surface area contributed by atoms with E-state index in [-0.39, 0.29) is 5.44 Å². The van der Waals surface area contributed by atoms with Crippen LogP contribution in [0, 0.1) is 5.92 Å². The maximum atomic E-state index is 6.57. The Bertz CT molecular complexity index is 705. The van der Waals surface area contributed by atoms with Gasteiger partial charge in [0, 0.05) is 6.42 Å². The number of nitrogens with zero attached hydrogens (tertiary/aromatic N) is 1. The third kappa shape index (κ3) is 37.2. The highest BCUT2D eigenvalue weighted by Gasteiger charge is 2.14.